The summed E-state index contributed by atoms with van der Waals surface area (Å²) >= 11 is 0. The van der Waals surface area contributed by atoms with Crippen molar-refractivity contribution in [3.63, 3.8) is 0 Å². The minimum atomic E-state index is 0. The number of halogens is 1. The number of rotatable bonds is 4. The average Bonchev–Trinajstić information content (AvgIpc) is 2.60. The van der Waals surface area contributed by atoms with Crippen molar-refractivity contribution < 1.29 is 21.5 Å². The molecule has 0 aliphatic rings. The van der Waals surface area contributed by atoms with Gasteiger partial charge in [0.1, 0.15) is 13.1 Å². The minimum absolute atomic E-state index is 0. The van der Waals surface area contributed by atoms with Gasteiger partial charge in [-0.2, -0.15) is 0 Å². The molecule has 0 spiro atoms. The van der Waals surface area contributed by atoms with E-state index in [1.807, 2.05) is 0 Å². The Morgan fingerprint density at radius 1 is 1.11 bits per heavy atom. The summed E-state index contributed by atoms with van der Waals surface area (Å²) in [5.74, 6) is 0. The maximum absolute atomic E-state index is 5.65. The molecule has 0 saturated carbocycles. The molecular weight excluding hydrogens is 292 g/mol. The summed E-state index contributed by atoms with van der Waals surface area (Å²) in [5, 5.41) is 0. The van der Waals surface area contributed by atoms with E-state index in [4.69, 9.17) is 11.5 Å². The molecule has 5 heteroatoms. The van der Waals surface area contributed by atoms with Gasteiger partial charge in [-0.05, 0) is 37.1 Å². The standard InChI is InChI=1S/C13H21N4.BrH/c1-10-7-12-13(8-11(10)2)17(6-4-15)9-16(12)5-3-14;/h7-9H,3-6,14-15H2,1-2H3;1H/q+1;/p-1. The molecule has 2 rings (SSSR count). The van der Waals surface area contributed by atoms with Gasteiger partial charge in [-0.1, -0.05) is 0 Å². The zero-order valence-corrected chi connectivity index (χ0v) is 12.6. The predicted octanol–water partition coefficient (Wildman–Crippen LogP) is -2.53. The molecule has 0 aliphatic carbocycles. The summed E-state index contributed by atoms with van der Waals surface area (Å²) in [6, 6.07) is 4.46. The van der Waals surface area contributed by atoms with Crippen molar-refractivity contribution >= 4 is 11.0 Å². The van der Waals surface area contributed by atoms with Crippen LogP contribution < -0.4 is 33.0 Å². The van der Waals surface area contributed by atoms with Gasteiger partial charge in [0.15, 0.2) is 11.0 Å². The molecule has 18 heavy (non-hydrogen) atoms. The summed E-state index contributed by atoms with van der Waals surface area (Å²) in [7, 11) is 0. The summed E-state index contributed by atoms with van der Waals surface area (Å²) < 4.78 is 4.41. The van der Waals surface area contributed by atoms with E-state index in [0.717, 1.165) is 13.1 Å². The highest BCUT2D eigenvalue weighted by atomic mass is 79.9. The lowest BCUT2D eigenvalue weighted by Gasteiger charge is -2.00. The smallest absolute Gasteiger partial charge is 0.244 e. The maximum atomic E-state index is 5.65. The number of hydrogen-bond donors (Lipinski definition) is 2. The Morgan fingerprint density at radius 3 is 2.39 bits per heavy atom. The van der Waals surface area contributed by atoms with E-state index in [1.165, 1.54) is 22.2 Å². The molecule has 1 heterocycles. The normalized spacial score (nSPS) is 10.7. The van der Waals surface area contributed by atoms with Gasteiger partial charge in [-0.25, -0.2) is 9.13 Å². The number of nitrogens with zero attached hydrogens (tertiary/aromatic N) is 2. The molecule has 0 saturated heterocycles. The summed E-state index contributed by atoms with van der Waals surface area (Å²) in [5.41, 5.74) is 16.4. The number of aromatic nitrogens is 2. The van der Waals surface area contributed by atoms with Gasteiger partial charge in [0.25, 0.3) is 0 Å². The van der Waals surface area contributed by atoms with Crippen LogP contribution in [-0.2, 0) is 13.1 Å². The SMILES string of the molecule is Cc1cc2c(cc1C)[n+](CCN)cn2CCN.[Br-]. The van der Waals surface area contributed by atoms with Crippen LogP contribution >= 0.6 is 0 Å². The molecule has 0 fully saturated rings. The number of imidazole rings is 1. The highest BCUT2D eigenvalue weighted by Gasteiger charge is 2.15. The van der Waals surface area contributed by atoms with Crippen molar-refractivity contribution in [3.05, 3.63) is 29.6 Å². The van der Waals surface area contributed by atoms with E-state index in [9.17, 15) is 0 Å². The molecule has 2 aromatic rings. The van der Waals surface area contributed by atoms with E-state index >= 15 is 0 Å². The first kappa shape index (κ1) is 15.1. The Bertz CT molecular complexity index is 487. The third-order valence-corrected chi connectivity index (χ3v) is 3.23. The molecule has 4 nitrogen and oxygen atoms in total. The number of hydrogen-bond acceptors (Lipinski definition) is 2. The predicted molar refractivity (Wildman–Crippen MR) is 69.7 cm³/mol. The second-order valence-corrected chi connectivity index (χ2v) is 4.50. The quantitative estimate of drug-likeness (QED) is 0.612. The van der Waals surface area contributed by atoms with E-state index < -0.39 is 0 Å². The Hall–Kier alpha value is -0.910. The van der Waals surface area contributed by atoms with Gasteiger partial charge in [-0.15, -0.1) is 0 Å². The van der Waals surface area contributed by atoms with Crippen molar-refractivity contribution in [2.24, 2.45) is 11.5 Å². The van der Waals surface area contributed by atoms with Crippen molar-refractivity contribution in [2.75, 3.05) is 13.1 Å². The maximum Gasteiger partial charge on any atom is 0.244 e. The highest BCUT2D eigenvalue weighted by molar-refractivity contribution is 5.74. The Morgan fingerprint density at radius 2 is 1.78 bits per heavy atom. The van der Waals surface area contributed by atoms with Crippen molar-refractivity contribution in [3.8, 4) is 0 Å². The fourth-order valence-electron chi connectivity index (χ4n) is 2.17. The molecule has 0 amide bonds. The monoisotopic (exact) mass is 312 g/mol. The van der Waals surface area contributed by atoms with E-state index in [2.05, 4.69) is 41.4 Å². The summed E-state index contributed by atoms with van der Waals surface area (Å²) in [4.78, 5) is 0. The molecule has 4 N–H and O–H groups in total. The molecule has 0 radical (unpaired) electrons. The third-order valence-electron chi connectivity index (χ3n) is 3.23. The zero-order chi connectivity index (χ0) is 12.4. The zero-order valence-electron chi connectivity index (χ0n) is 11.0. The van der Waals surface area contributed by atoms with Gasteiger partial charge >= 0.3 is 0 Å². The first-order valence-corrected chi connectivity index (χ1v) is 6.07. The largest absolute Gasteiger partial charge is 1.00 e. The van der Waals surface area contributed by atoms with Gasteiger partial charge in [0.2, 0.25) is 6.33 Å². The van der Waals surface area contributed by atoms with Crippen LogP contribution in [0, 0.1) is 13.8 Å². The lowest BCUT2D eigenvalue weighted by Crippen LogP contribution is -3.00. The molecule has 1 aromatic heterocycles. The molecule has 1 aromatic carbocycles. The molecule has 0 unspecified atom stereocenters. The van der Waals surface area contributed by atoms with Crippen molar-refractivity contribution in [1.82, 2.24) is 4.57 Å². The van der Waals surface area contributed by atoms with Crippen LogP contribution in [0.5, 0.6) is 0 Å². The van der Waals surface area contributed by atoms with Crippen LogP contribution in [0.1, 0.15) is 11.1 Å². The Kier molecular flexibility index (Phi) is 5.31. The first-order valence-electron chi connectivity index (χ1n) is 6.07. The molecule has 0 aliphatic heterocycles. The number of fused-ring (bicyclic) bond motifs is 1. The number of aryl methyl sites for hydroxylation is 2. The van der Waals surface area contributed by atoms with Crippen LogP contribution in [0.25, 0.3) is 11.0 Å². The molecule has 100 valence electrons. The summed E-state index contributed by atoms with van der Waals surface area (Å²) in [6.07, 6.45) is 2.11. The van der Waals surface area contributed by atoms with E-state index in [0.29, 0.717) is 13.1 Å². The molecule has 0 bridgehead atoms. The summed E-state index contributed by atoms with van der Waals surface area (Å²) in [6.45, 7) is 7.27. The van der Waals surface area contributed by atoms with E-state index in [-0.39, 0.29) is 17.0 Å². The topological polar surface area (TPSA) is 60.8 Å². The van der Waals surface area contributed by atoms with Gasteiger partial charge < -0.3 is 28.4 Å². The van der Waals surface area contributed by atoms with Gasteiger partial charge in [-0.3, -0.25) is 0 Å². The minimum Gasteiger partial charge on any atom is -1.00 e. The molecular formula is C13H21BrN4. The Balaban J connectivity index is 0.00000162. The third kappa shape index (κ3) is 2.74. The lowest BCUT2D eigenvalue weighted by atomic mass is 10.1. The van der Waals surface area contributed by atoms with Gasteiger partial charge in [0, 0.05) is 13.1 Å². The first-order chi connectivity index (χ1) is 8.17. The number of nitrogens with two attached hydrogens (primary N) is 2. The van der Waals surface area contributed by atoms with Crippen molar-refractivity contribution in [2.45, 2.75) is 26.9 Å². The average molecular weight is 313 g/mol. The fraction of sp³-hybridized carbons (Fsp3) is 0.462. The van der Waals surface area contributed by atoms with Crippen LogP contribution in [0.15, 0.2) is 18.5 Å². The van der Waals surface area contributed by atoms with Crippen LogP contribution in [-0.4, -0.2) is 17.7 Å². The van der Waals surface area contributed by atoms with Crippen molar-refractivity contribution in [1.29, 1.82) is 0 Å². The fourth-order valence-corrected chi connectivity index (χ4v) is 2.17. The lowest BCUT2D eigenvalue weighted by molar-refractivity contribution is -0.669. The highest BCUT2D eigenvalue weighted by Crippen LogP contribution is 2.17. The van der Waals surface area contributed by atoms with Crippen LogP contribution in [0.3, 0.4) is 0 Å². The van der Waals surface area contributed by atoms with E-state index in [1.54, 1.807) is 0 Å². The second kappa shape index (κ2) is 6.31. The Labute approximate surface area is 118 Å². The number of benzene rings is 1. The second-order valence-electron chi connectivity index (χ2n) is 4.50. The van der Waals surface area contributed by atoms with Crippen LogP contribution in [0.2, 0.25) is 0 Å². The molecule has 0 atom stereocenters. The van der Waals surface area contributed by atoms with Gasteiger partial charge in [0.05, 0.1) is 0 Å². The van der Waals surface area contributed by atoms with Crippen LogP contribution in [0.4, 0.5) is 0 Å².